The van der Waals surface area contributed by atoms with Crippen LogP contribution in [0.2, 0.25) is 0 Å². The summed E-state index contributed by atoms with van der Waals surface area (Å²) < 4.78 is 48.4. The van der Waals surface area contributed by atoms with E-state index in [9.17, 15) is 17.2 Å². The number of halogens is 2. The van der Waals surface area contributed by atoms with E-state index in [0.29, 0.717) is 6.42 Å². The zero-order valence-corrected chi connectivity index (χ0v) is 10.4. The summed E-state index contributed by atoms with van der Waals surface area (Å²) in [5, 5.41) is 2.68. The van der Waals surface area contributed by atoms with Crippen LogP contribution in [-0.4, -0.2) is 26.5 Å². The quantitative estimate of drug-likeness (QED) is 0.856. The van der Waals surface area contributed by atoms with Crippen LogP contribution in [0.15, 0.2) is 18.2 Å². The van der Waals surface area contributed by atoms with Gasteiger partial charge in [0.1, 0.15) is 11.6 Å². The maximum absolute atomic E-state index is 12.8. The molecule has 0 aliphatic carbocycles. The fourth-order valence-electron chi connectivity index (χ4n) is 1.42. The molecule has 0 aromatic heterocycles. The van der Waals surface area contributed by atoms with Crippen LogP contribution in [0.25, 0.3) is 0 Å². The predicted molar refractivity (Wildman–Crippen MR) is 63.8 cm³/mol. The third-order valence-corrected chi connectivity index (χ3v) is 3.98. The van der Waals surface area contributed by atoms with Crippen LogP contribution in [0.1, 0.15) is 13.3 Å². The van der Waals surface area contributed by atoms with Gasteiger partial charge in [0, 0.05) is 24.1 Å². The maximum Gasteiger partial charge on any atom is 0.152 e. The number of sulfone groups is 1. The van der Waals surface area contributed by atoms with E-state index in [1.807, 2.05) is 0 Å². The summed E-state index contributed by atoms with van der Waals surface area (Å²) >= 11 is 0. The highest BCUT2D eigenvalue weighted by atomic mass is 32.2. The van der Waals surface area contributed by atoms with E-state index < -0.39 is 21.5 Å². The largest absolute Gasteiger partial charge is 0.384 e. The standard InChI is InChI=1S/C11H15F2NO2S/c1-2-4-17(15,16)5-3-14-11-7-9(12)6-10(13)8-11/h6-8,14H,2-5H2,1H3. The molecule has 1 N–H and O–H groups in total. The fourth-order valence-corrected chi connectivity index (χ4v) is 2.66. The van der Waals surface area contributed by atoms with Gasteiger partial charge in [-0.2, -0.15) is 0 Å². The van der Waals surface area contributed by atoms with Gasteiger partial charge in [-0.3, -0.25) is 0 Å². The molecule has 0 bridgehead atoms. The molecule has 17 heavy (non-hydrogen) atoms. The molecule has 0 unspecified atom stereocenters. The molecule has 0 aliphatic heterocycles. The van der Waals surface area contributed by atoms with Crippen molar-refractivity contribution in [2.75, 3.05) is 23.4 Å². The minimum absolute atomic E-state index is 0.0427. The van der Waals surface area contributed by atoms with Crippen molar-refractivity contribution in [1.82, 2.24) is 0 Å². The molecule has 0 atom stereocenters. The van der Waals surface area contributed by atoms with Crippen LogP contribution in [0, 0.1) is 11.6 Å². The molecule has 0 heterocycles. The minimum Gasteiger partial charge on any atom is -0.384 e. The monoisotopic (exact) mass is 263 g/mol. The lowest BCUT2D eigenvalue weighted by Crippen LogP contribution is -2.18. The molecule has 6 heteroatoms. The van der Waals surface area contributed by atoms with E-state index in [4.69, 9.17) is 0 Å². The van der Waals surface area contributed by atoms with Gasteiger partial charge >= 0.3 is 0 Å². The van der Waals surface area contributed by atoms with E-state index >= 15 is 0 Å². The fraction of sp³-hybridized carbons (Fsp3) is 0.455. The molecular formula is C11H15F2NO2S. The summed E-state index contributed by atoms with van der Waals surface area (Å²) in [7, 11) is -3.07. The lowest BCUT2D eigenvalue weighted by Gasteiger charge is -2.07. The van der Waals surface area contributed by atoms with Gasteiger partial charge in [-0.15, -0.1) is 0 Å². The van der Waals surface area contributed by atoms with Crippen LogP contribution >= 0.6 is 0 Å². The lowest BCUT2D eigenvalue weighted by atomic mass is 10.3. The molecule has 3 nitrogen and oxygen atoms in total. The van der Waals surface area contributed by atoms with Gasteiger partial charge in [-0.05, 0) is 18.6 Å². The average molecular weight is 263 g/mol. The molecule has 0 saturated carbocycles. The molecule has 0 fully saturated rings. The first-order valence-corrected chi connectivity index (χ1v) is 7.15. The minimum atomic E-state index is -3.07. The SMILES string of the molecule is CCCS(=O)(=O)CCNc1cc(F)cc(F)c1. The van der Waals surface area contributed by atoms with Crippen LogP contribution < -0.4 is 5.32 Å². The van der Waals surface area contributed by atoms with Gasteiger partial charge in [-0.1, -0.05) is 6.92 Å². The van der Waals surface area contributed by atoms with Gasteiger partial charge < -0.3 is 5.32 Å². The van der Waals surface area contributed by atoms with Crippen molar-refractivity contribution in [1.29, 1.82) is 0 Å². The first-order valence-electron chi connectivity index (χ1n) is 5.33. The molecule has 0 radical (unpaired) electrons. The van der Waals surface area contributed by atoms with Gasteiger partial charge in [0.2, 0.25) is 0 Å². The normalized spacial score (nSPS) is 11.5. The zero-order valence-electron chi connectivity index (χ0n) is 9.54. The van der Waals surface area contributed by atoms with Gasteiger partial charge in [0.15, 0.2) is 9.84 Å². The van der Waals surface area contributed by atoms with Crippen LogP contribution in [-0.2, 0) is 9.84 Å². The Morgan fingerprint density at radius 3 is 2.24 bits per heavy atom. The van der Waals surface area contributed by atoms with Crippen molar-refractivity contribution in [2.45, 2.75) is 13.3 Å². The summed E-state index contributed by atoms with van der Waals surface area (Å²) in [4.78, 5) is 0. The highest BCUT2D eigenvalue weighted by molar-refractivity contribution is 7.91. The van der Waals surface area contributed by atoms with Crippen molar-refractivity contribution in [2.24, 2.45) is 0 Å². The summed E-state index contributed by atoms with van der Waals surface area (Å²) in [5.41, 5.74) is 0.245. The second-order valence-corrected chi connectivity index (χ2v) is 6.04. The lowest BCUT2D eigenvalue weighted by molar-refractivity contribution is 0.584. The third kappa shape index (κ3) is 5.12. The summed E-state index contributed by atoms with van der Waals surface area (Å²) in [6.07, 6.45) is 0.566. The summed E-state index contributed by atoms with van der Waals surface area (Å²) in [6.45, 7) is 1.93. The van der Waals surface area contributed by atoms with Gasteiger partial charge in [0.25, 0.3) is 0 Å². The maximum atomic E-state index is 12.8. The Morgan fingerprint density at radius 1 is 1.12 bits per heavy atom. The molecule has 1 rings (SSSR count). The van der Waals surface area contributed by atoms with E-state index in [1.54, 1.807) is 6.92 Å². The Bertz CT molecular complexity index is 454. The van der Waals surface area contributed by atoms with Crippen molar-refractivity contribution in [3.63, 3.8) is 0 Å². The Kier molecular flexibility index (Phi) is 4.86. The Hall–Kier alpha value is -1.17. The number of benzene rings is 1. The third-order valence-electron chi connectivity index (χ3n) is 2.12. The molecule has 0 spiro atoms. The average Bonchev–Trinajstić information content (AvgIpc) is 2.15. The zero-order chi connectivity index (χ0) is 12.9. The molecule has 0 aliphatic rings. The summed E-state index contributed by atoms with van der Waals surface area (Å²) in [6, 6.07) is 3.00. The van der Waals surface area contributed by atoms with Crippen molar-refractivity contribution < 1.29 is 17.2 Å². The molecule has 0 saturated heterocycles. The van der Waals surface area contributed by atoms with Crippen molar-refractivity contribution in [3.05, 3.63) is 29.8 Å². The molecular weight excluding hydrogens is 248 g/mol. The second kappa shape index (κ2) is 5.95. The van der Waals surface area contributed by atoms with Crippen LogP contribution in [0.5, 0.6) is 0 Å². The summed E-state index contributed by atoms with van der Waals surface area (Å²) in [5.74, 6) is -1.29. The number of hydrogen-bond donors (Lipinski definition) is 1. The smallest absolute Gasteiger partial charge is 0.152 e. The number of anilines is 1. The topological polar surface area (TPSA) is 46.2 Å². The number of nitrogens with one attached hydrogen (secondary N) is 1. The first-order chi connectivity index (χ1) is 7.93. The molecule has 96 valence electrons. The van der Waals surface area contributed by atoms with Crippen LogP contribution in [0.4, 0.5) is 14.5 Å². The highest BCUT2D eigenvalue weighted by Crippen LogP contribution is 2.12. The molecule has 1 aromatic rings. The van der Waals surface area contributed by atoms with E-state index in [2.05, 4.69) is 5.32 Å². The van der Waals surface area contributed by atoms with Gasteiger partial charge in [0.05, 0.1) is 5.75 Å². The number of rotatable bonds is 6. The number of hydrogen-bond acceptors (Lipinski definition) is 3. The van der Waals surface area contributed by atoms with Gasteiger partial charge in [-0.25, -0.2) is 17.2 Å². The first kappa shape index (κ1) is 13.9. The van der Waals surface area contributed by atoms with E-state index in [1.165, 1.54) is 0 Å². The highest BCUT2D eigenvalue weighted by Gasteiger charge is 2.08. The Labute approximate surface area is 99.8 Å². The van der Waals surface area contributed by atoms with E-state index in [-0.39, 0.29) is 23.7 Å². The second-order valence-electron chi connectivity index (χ2n) is 3.74. The molecule has 0 amide bonds. The van der Waals surface area contributed by atoms with Crippen molar-refractivity contribution in [3.8, 4) is 0 Å². The van der Waals surface area contributed by atoms with E-state index in [0.717, 1.165) is 18.2 Å². The molecule has 1 aromatic carbocycles. The Morgan fingerprint density at radius 2 is 1.71 bits per heavy atom. The Balaban J connectivity index is 2.51. The predicted octanol–water partition coefficient (Wildman–Crippen LogP) is 2.20. The van der Waals surface area contributed by atoms with Crippen LogP contribution in [0.3, 0.4) is 0 Å². The van der Waals surface area contributed by atoms with Crippen molar-refractivity contribution >= 4 is 15.5 Å².